The topological polar surface area (TPSA) is 52.0 Å². The van der Waals surface area contributed by atoms with E-state index in [1.165, 1.54) is 0 Å². The zero-order chi connectivity index (χ0) is 10.3. The van der Waals surface area contributed by atoms with Crippen molar-refractivity contribution < 1.29 is 4.52 Å². The second kappa shape index (κ2) is 2.74. The lowest BCUT2D eigenvalue weighted by atomic mass is 9.90. The summed E-state index contributed by atoms with van der Waals surface area (Å²) in [4.78, 5) is 0. The molecule has 2 aromatic rings. The van der Waals surface area contributed by atoms with Crippen LogP contribution in [0.3, 0.4) is 0 Å². The Morgan fingerprint density at radius 2 is 2.00 bits per heavy atom. The molecule has 0 bridgehead atoms. The lowest BCUT2D eigenvalue weighted by Gasteiger charge is -2.14. The number of rotatable bonds is 0. The molecule has 2 rings (SSSR count). The Labute approximate surface area is 82.9 Å². The first-order chi connectivity index (χ1) is 6.48. The van der Waals surface area contributed by atoms with Crippen molar-refractivity contribution in [3.05, 3.63) is 23.9 Å². The van der Waals surface area contributed by atoms with Crippen LogP contribution in [-0.4, -0.2) is 5.16 Å². The molecule has 0 unspecified atom stereocenters. The molecule has 0 amide bonds. The van der Waals surface area contributed by atoms with E-state index in [4.69, 9.17) is 10.3 Å². The number of benzene rings is 1. The van der Waals surface area contributed by atoms with Gasteiger partial charge in [-0.1, -0.05) is 25.9 Å². The molecule has 1 aromatic carbocycles. The van der Waals surface area contributed by atoms with E-state index in [1.54, 1.807) is 6.07 Å². The summed E-state index contributed by atoms with van der Waals surface area (Å²) in [6.07, 6.45) is 0. The highest BCUT2D eigenvalue weighted by Gasteiger charge is 2.21. The van der Waals surface area contributed by atoms with E-state index < -0.39 is 0 Å². The van der Waals surface area contributed by atoms with Crippen molar-refractivity contribution in [1.82, 2.24) is 5.16 Å². The average molecular weight is 190 g/mol. The standard InChI is InChI=1S/C11H14N2O/c1-11(2,3)10-8-5-4-7(12)6-9(8)14-13-10/h4-6H,12H2,1-3H3. The molecule has 0 saturated heterocycles. The first-order valence-corrected chi connectivity index (χ1v) is 4.64. The van der Waals surface area contributed by atoms with Crippen LogP contribution in [0.25, 0.3) is 11.0 Å². The van der Waals surface area contributed by atoms with Crippen molar-refractivity contribution >= 4 is 16.7 Å². The van der Waals surface area contributed by atoms with Gasteiger partial charge >= 0.3 is 0 Å². The van der Waals surface area contributed by atoms with Crippen molar-refractivity contribution in [2.45, 2.75) is 26.2 Å². The fourth-order valence-electron chi connectivity index (χ4n) is 1.50. The Bertz CT molecular complexity index is 466. The van der Waals surface area contributed by atoms with Gasteiger partial charge < -0.3 is 10.3 Å². The van der Waals surface area contributed by atoms with Crippen LogP contribution in [0.15, 0.2) is 22.7 Å². The fraction of sp³-hybridized carbons (Fsp3) is 0.364. The van der Waals surface area contributed by atoms with Gasteiger partial charge in [0, 0.05) is 22.6 Å². The van der Waals surface area contributed by atoms with Gasteiger partial charge in [-0.3, -0.25) is 0 Å². The summed E-state index contributed by atoms with van der Waals surface area (Å²) in [6, 6.07) is 5.63. The molecule has 0 radical (unpaired) electrons. The number of nitrogen functional groups attached to an aromatic ring is 1. The van der Waals surface area contributed by atoms with Gasteiger partial charge in [-0.15, -0.1) is 0 Å². The third kappa shape index (κ3) is 1.35. The SMILES string of the molecule is CC(C)(C)c1noc2cc(N)ccc12. The minimum Gasteiger partial charge on any atom is -0.399 e. The molecule has 3 heteroatoms. The van der Waals surface area contributed by atoms with Gasteiger partial charge in [0.1, 0.15) is 0 Å². The number of nitrogens with two attached hydrogens (primary N) is 1. The summed E-state index contributed by atoms with van der Waals surface area (Å²) in [6.45, 7) is 6.34. The van der Waals surface area contributed by atoms with Crippen LogP contribution in [-0.2, 0) is 5.41 Å². The molecule has 14 heavy (non-hydrogen) atoms. The van der Waals surface area contributed by atoms with Gasteiger partial charge in [-0.2, -0.15) is 0 Å². The first kappa shape index (κ1) is 9.06. The van der Waals surface area contributed by atoms with Crippen LogP contribution in [0.4, 0.5) is 5.69 Å². The molecule has 0 aliphatic carbocycles. The molecule has 3 nitrogen and oxygen atoms in total. The van der Waals surface area contributed by atoms with Crippen LogP contribution < -0.4 is 5.73 Å². The van der Waals surface area contributed by atoms with Crippen molar-refractivity contribution in [3.63, 3.8) is 0 Å². The average Bonchev–Trinajstić information content (AvgIpc) is 2.45. The largest absolute Gasteiger partial charge is 0.399 e. The molecule has 0 aliphatic heterocycles. The summed E-state index contributed by atoms with van der Waals surface area (Å²) in [5, 5.41) is 5.12. The second-order valence-corrected chi connectivity index (χ2v) is 4.54. The van der Waals surface area contributed by atoms with Gasteiger partial charge in [0.25, 0.3) is 0 Å². The van der Waals surface area contributed by atoms with E-state index in [1.807, 2.05) is 12.1 Å². The quantitative estimate of drug-likeness (QED) is 0.650. The Hall–Kier alpha value is -1.51. The normalized spacial score (nSPS) is 12.2. The van der Waals surface area contributed by atoms with Gasteiger partial charge in [0.05, 0.1) is 5.69 Å². The summed E-state index contributed by atoms with van der Waals surface area (Å²) in [5.74, 6) is 0. The Kier molecular flexibility index (Phi) is 1.77. The molecule has 2 N–H and O–H groups in total. The maximum atomic E-state index is 5.65. The summed E-state index contributed by atoms with van der Waals surface area (Å²) < 4.78 is 5.23. The predicted octanol–water partition coefficient (Wildman–Crippen LogP) is 2.71. The number of nitrogens with zero attached hydrogens (tertiary/aromatic N) is 1. The van der Waals surface area contributed by atoms with E-state index in [9.17, 15) is 0 Å². The van der Waals surface area contributed by atoms with Crippen molar-refractivity contribution in [2.24, 2.45) is 0 Å². The molecule has 0 aliphatic rings. The van der Waals surface area contributed by atoms with Crippen LogP contribution in [0, 0.1) is 0 Å². The third-order valence-corrected chi connectivity index (χ3v) is 2.21. The first-order valence-electron chi connectivity index (χ1n) is 4.64. The van der Waals surface area contributed by atoms with Crippen LogP contribution in [0.5, 0.6) is 0 Å². The molecule has 0 atom stereocenters. The lowest BCUT2D eigenvalue weighted by molar-refractivity contribution is 0.420. The van der Waals surface area contributed by atoms with E-state index in [0.717, 1.165) is 16.7 Å². The smallest absolute Gasteiger partial charge is 0.169 e. The fourth-order valence-corrected chi connectivity index (χ4v) is 1.50. The molecule has 74 valence electrons. The van der Waals surface area contributed by atoms with E-state index >= 15 is 0 Å². The van der Waals surface area contributed by atoms with E-state index in [0.29, 0.717) is 5.69 Å². The Morgan fingerprint density at radius 3 is 2.64 bits per heavy atom. The van der Waals surface area contributed by atoms with E-state index in [2.05, 4.69) is 25.9 Å². The molecule has 1 aromatic heterocycles. The molecule has 1 heterocycles. The zero-order valence-corrected chi connectivity index (χ0v) is 8.66. The van der Waals surface area contributed by atoms with Crippen LogP contribution in [0.1, 0.15) is 26.5 Å². The lowest BCUT2D eigenvalue weighted by Crippen LogP contribution is -2.11. The van der Waals surface area contributed by atoms with Gasteiger partial charge in [0.15, 0.2) is 5.58 Å². The summed E-state index contributed by atoms with van der Waals surface area (Å²) in [7, 11) is 0. The van der Waals surface area contributed by atoms with Crippen molar-refractivity contribution in [3.8, 4) is 0 Å². The number of hydrogen-bond donors (Lipinski definition) is 1. The highest BCUT2D eigenvalue weighted by molar-refractivity contribution is 5.83. The van der Waals surface area contributed by atoms with Gasteiger partial charge in [-0.05, 0) is 12.1 Å². The van der Waals surface area contributed by atoms with E-state index in [-0.39, 0.29) is 5.41 Å². The van der Waals surface area contributed by atoms with Crippen molar-refractivity contribution in [1.29, 1.82) is 0 Å². The maximum absolute atomic E-state index is 5.65. The monoisotopic (exact) mass is 190 g/mol. The summed E-state index contributed by atoms with van der Waals surface area (Å²) in [5.41, 5.74) is 8.10. The maximum Gasteiger partial charge on any atom is 0.169 e. The summed E-state index contributed by atoms with van der Waals surface area (Å²) >= 11 is 0. The number of aromatic nitrogens is 1. The Morgan fingerprint density at radius 1 is 1.29 bits per heavy atom. The van der Waals surface area contributed by atoms with Crippen LogP contribution >= 0.6 is 0 Å². The minimum absolute atomic E-state index is 0.00135. The van der Waals surface area contributed by atoms with Gasteiger partial charge in [0.2, 0.25) is 0 Å². The number of hydrogen-bond acceptors (Lipinski definition) is 3. The highest BCUT2D eigenvalue weighted by atomic mass is 16.5. The Balaban J connectivity index is 2.70. The molecule has 0 fully saturated rings. The zero-order valence-electron chi connectivity index (χ0n) is 8.66. The van der Waals surface area contributed by atoms with Crippen LogP contribution in [0.2, 0.25) is 0 Å². The highest BCUT2D eigenvalue weighted by Crippen LogP contribution is 2.29. The molecule has 0 saturated carbocycles. The van der Waals surface area contributed by atoms with Gasteiger partial charge in [-0.25, -0.2) is 0 Å². The third-order valence-electron chi connectivity index (χ3n) is 2.21. The molecular formula is C11H14N2O. The molecule has 0 spiro atoms. The second-order valence-electron chi connectivity index (χ2n) is 4.54. The van der Waals surface area contributed by atoms with Crippen molar-refractivity contribution in [2.75, 3.05) is 5.73 Å². The number of anilines is 1. The predicted molar refractivity (Wildman–Crippen MR) is 57.1 cm³/mol. The minimum atomic E-state index is 0.00135. The number of fused-ring (bicyclic) bond motifs is 1. The molecular weight excluding hydrogens is 176 g/mol.